The lowest BCUT2D eigenvalue weighted by Gasteiger charge is -2.39. The molecule has 58 heavy (non-hydrogen) atoms. The second-order valence-electron chi connectivity index (χ2n) is 15.6. The van der Waals surface area contributed by atoms with E-state index in [1.807, 2.05) is 11.8 Å². The zero-order valence-corrected chi connectivity index (χ0v) is 32.2. The molecule has 0 fully saturated rings. The zero-order chi connectivity index (χ0) is 38.0. The molecule has 0 saturated heterocycles. The van der Waals surface area contributed by atoms with Gasteiger partial charge in [0.1, 0.15) is 0 Å². The van der Waals surface area contributed by atoms with Gasteiger partial charge in [0, 0.05) is 42.7 Å². The topological polar surface area (TPSA) is 9.86 Å². The quantitative estimate of drug-likeness (QED) is 0.175. The smallest absolute Gasteiger partial charge is 0.0736 e. The van der Waals surface area contributed by atoms with Gasteiger partial charge in [-0.05, 0) is 117 Å². The predicted molar refractivity (Wildman–Crippen MR) is 242 cm³/mol. The lowest BCUT2D eigenvalue weighted by molar-refractivity contribution is 0.723. The summed E-state index contributed by atoms with van der Waals surface area (Å²) in [7, 11) is 0. The monoisotopic (exact) mass is 754 g/mol. The number of aromatic nitrogens is 2. The summed E-state index contributed by atoms with van der Waals surface area (Å²) in [6, 6.07) is 76.7. The lowest BCUT2D eigenvalue weighted by atomic mass is 9.67. The first-order valence-electron chi connectivity index (χ1n) is 20.0. The second kappa shape index (κ2) is 12.0. The Morgan fingerprint density at radius 3 is 1.53 bits per heavy atom. The van der Waals surface area contributed by atoms with Crippen molar-refractivity contribution in [3.8, 4) is 33.6 Å². The molecule has 0 saturated carbocycles. The highest BCUT2D eigenvalue weighted by Gasteiger charge is 2.50. The molecule has 2 aliphatic rings. The Balaban J connectivity index is 1.01. The Hall–Kier alpha value is -7.07. The number of para-hydroxylation sites is 3. The summed E-state index contributed by atoms with van der Waals surface area (Å²) in [6.45, 7) is 0. The number of hydrogen-bond acceptors (Lipinski definition) is 1. The Bertz CT molecular complexity index is 3430. The number of fused-ring (bicyclic) bond motifs is 15. The van der Waals surface area contributed by atoms with Gasteiger partial charge in [-0.15, -0.1) is 0 Å². The van der Waals surface area contributed by atoms with Gasteiger partial charge in [-0.3, -0.25) is 0 Å². The molecule has 3 heterocycles. The molecule has 0 radical (unpaired) electrons. The average Bonchev–Trinajstić information content (AvgIpc) is 3.90. The summed E-state index contributed by atoms with van der Waals surface area (Å²) in [5, 5.41) is 5.07. The van der Waals surface area contributed by atoms with Crippen LogP contribution < -0.4 is 0 Å². The van der Waals surface area contributed by atoms with Gasteiger partial charge in [-0.25, -0.2) is 0 Å². The minimum atomic E-state index is -0.425. The van der Waals surface area contributed by atoms with Crippen LogP contribution in [0.15, 0.2) is 216 Å². The molecule has 1 aliphatic carbocycles. The van der Waals surface area contributed by atoms with Crippen molar-refractivity contribution in [1.82, 2.24) is 9.13 Å². The maximum Gasteiger partial charge on any atom is 0.0736 e. The third-order valence-corrected chi connectivity index (χ3v) is 13.9. The summed E-state index contributed by atoms with van der Waals surface area (Å²) in [5.41, 5.74) is 17.3. The number of nitrogens with zero attached hydrogens (tertiary/aromatic N) is 2. The summed E-state index contributed by atoms with van der Waals surface area (Å²) >= 11 is 1.89. The molecule has 1 aliphatic heterocycles. The van der Waals surface area contributed by atoms with Crippen LogP contribution in [0.25, 0.3) is 77.2 Å². The summed E-state index contributed by atoms with van der Waals surface area (Å²) in [4.78, 5) is 2.64. The third kappa shape index (κ3) is 4.23. The van der Waals surface area contributed by atoms with Gasteiger partial charge in [-0.2, -0.15) is 0 Å². The van der Waals surface area contributed by atoms with Crippen LogP contribution in [0.3, 0.4) is 0 Å². The van der Waals surface area contributed by atoms with E-state index in [2.05, 4.69) is 215 Å². The first-order chi connectivity index (χ1) is 28.8. The van der Waals surface area contributed by atoms with Gasteiger partial charge in [0.15, 0.2) is 0 Å². The lowest BCUT2D eigenvalue weighted by Crippen LogP contribution is -2.31. The molecule has 13 rings (SSSR count). The van der Waals surface area contributed by atoms with E-state index < -0.39 is 5.41 Å². The van der Waals surface area contributed by atoms with Gasteiger partial charge >= 0.3 is 0 Å². The third-order valence-electron chi connectivity index (χ3n) is 12.8. The van der Waals surface area contributed by atoms with Crippen LogP contribution in [0.2, 0.25) is 0 Å². The molecule has 2 aromatic heterocycles. The molecule has 1 spiro atoms. The Kier molecular flexibility index (Phi) is 6.62. The maximum atomic E-state index is 2.53. The minimum absolute atomic E-state index is 0.425. The molecular weight excluding hydrogens is 721 g/mol. The van der Waals surface area contributed by atoms with Crippen LogP contribution in [0, 0.1) is 0 Å². The Morgan fingerprint density at radius 1 is 0.310 bits per heavy atom. The van der Waals surface area contributed by atoms with Crippen molar-refractivity contribution in [2.45, 2.75) is 15.2 Å². The standard InChI is InChI=1S/C55H34N2S/c1-2-14-37(15-3-1)56-49-22-10-5-17-40(49)43-32-36(28-31-51(43)56)35-26-29-38(30-27-35)57-50-23-11-6-18-41(50)44-33-42-39-16-4-7-19-45(39)55(48(42)34-52(44)57)46-20-8-12-24-53(46)58-54-25-13-9-21-47(54)55/h1-34H. The molecule has 0 N–H and O–H groups in total. The van der Waals surface area contributed by atoms with Crippen molar-refractivity contribution in [3.05, 3.63) is 229 Å². The molecule has 270 valence electrons. The molecule has 11 aromatic rings. The van der Waals surface area contributed by atoms with Crippen molar-refractivity contribution >= 4 is 55.4 Å². The van der Waals surface area contributed by atoms with Crippen molar-refractivity contribution in [2.24, 2.45) is 0 Å². The van der Waals surface area contributed by atoms with Crippen LogP contribution in [0.5, 0.6) is 0 Å². The van der Waals surface area contributed by atoms with E-state index in [0.717, 1.165) is 5.69 Å². The van der Waals surface area contributed by atoms with Gasteiger partial charge in [0.25, 0.3) is 0 Å². The van der Waals surface area contributed by atoms with E-state index in [1.165, 1.54) is 104 Å². The normalized spacial score (nSPS) is 13.6. The van der Waals surface area contributed by atoms with E-state index in [-0.39, 0.29) is 0 Å². The largest absolute Gasteiger partial charge is 0.309 e. The van der Waals surface area contributed by atoms with Crippen molar-refractivity contribution < 1.29 is 0 Å². The fourth-order valence-corrected chi connectivity index (χ4v) is 11.6. The van der Waals surface area contributed by atoms with Crippen molar-refractivity contribution in [1.29, 1.82) is 0 Å². The highest BCUT2D eigenvalue weighted by molar-refractivity contribution is 7.99. The maximum absolute atomic E-state index is 2.53. The van der Waals surface area contributed by atoms with Gasteiger partial charge in [0.2, 0.25) is 0 Å². The Labute approximate surface area is 340 Å². The van der Waals surface area contributed by atoms with Gasteiger partial charge in [0.05, 0.1) is 27.5 Å². The fourth-order valence-electron chi connectivity index (χ4n) is 10.4. The van der Waals surface area contributed by atoms with Crippen molar-refractivity contribution in [3.63, 3.8) is 0 Å². The molecule has 0 atom stereocenters. The van der Waals surface area contributed by atoms with Crippen molar-refractivity contribution in [2.75, 3.05) is 0 Å². The van der Waals surface area contributed by atoms with Crippen LogP contribution >= 0.6 is 11.8 Å². The highest BCUT2D eigenvalue weighted by atomic mass is 32.2. The average molecular weight is 755 g/mol. The fraction of sp³-hybridized carbons (Fsp3) is 0.0182. The predicted octanol–water partition coefficient (Wildman–Crippen LogP) is 14.4. The van der Waals surface area contributed by atoms with Crippen LogP contribution in [0.4, 0.5) is 0 Å². The van der Waals surface area contributed by atoms with E-state index in [1.54, 1.807) is 0 Å². The van der Waals surface area contributed by atoms with Crippen LogP contribution in [-0.2, 0) is 5.41 Å². The number of benzene rings is 9. The first kappa shape index (κ1) is 32.1. The zero-order valence-electron chi connectivity index (χ0n) is 31.4. The molecule has 2 nitrogen and oxygen atoms in total. The Morgan fingerprint density at radius 2 is 0.828 bits per heavy atom. The van der Waals surface area contributed by atoms with E-state index in [9.17, 15) is 0 Å². The van der Waals surface area contributed by atoms with Crippen LogP contribution in [0.1, 0.15) is 22.3 Å². The molecule has 0 amide bonds. The molecule has 3 heteroatoms. The first-order valence-corrected chi connectivity index (χ1v) is 20.8. The molecule has 0 bridgehead atoms. The molecule has 9 aromatic carbocycles. The SMILES string of the molecule is c1ccc(-n2c3ccccc3c3cc(-c4ccc(-n5c6ccccc6c6cc7c(cc65)C5(c6ccccc6Sc6ccccc65)c5ccccc5-7)cc4)ccc32)cc1. The van der Waals surface area contributed by atoms with Gasteiger partial charge < -0.3 is 9.13 Å². The number of hydrogen-bond donors (Lipinski definition) is 0. The summed E-state index contributed by atoms with van der Waals surface area (Å²) in [5.74, 6) is 0. The minimum Gasteiger partial charge on any atom is -0.309 e. The van der Waals surface area contributed by atoms with E-state index >= 15 is 0 Å². The summed E-state index contributed by atoms with van der Waals surface area (Å²) < 4.78 is 4.86. The highest BCUT2D eigenvalue weighted by Crippen LogP contribution is 2.62. The molecular formula is C55H34N2S. The van der Waals surface area contributed by atoms with Crippen LogP contribution in [-0.4, -0.2) is 9.13 Å². The summed E-state index contributed by atoms with van der Waals surface area (Å²) in [6.07, 6.45) is 0. The van der Waals surface area contributed by atoms with E-state index in [0.29, 0.717) is 0 Å². The number of rotatable bonds is 3. The van der Waals surface area contributed by atoms with E-state index in [4.69, 9.17) is 0 Å². The second-order valence-corrected chi connectivity index (χ2v) is 16.7. The molecule has 0 unspecified atom stereocenters. The van der Waals surface area contributed by atoms with Gasteiger partial charge in [-0.1, -0.05) is 145 Å².